The lowest BCUT2D eigenvalue weighted by molar-refractivity contribution is -0.143. The number of benzene rings is 1. The molecule has 2 heterocycles. The number of ether oxygens (including phenoxy) is 2. The SMILES string of the molecule is CCCOc1ccc(F)c(C23COCC[C@H]2C(=O)N(C)C(=N)N3)c1. The molecule has 2 aliphatic heterocycles. The lowest BCUT2D eigenvalue weighted by atomic mass is 9.73. The third-order valence-electron chi connectivity index (χ3n) is 4.67. The second-order valence-corrected chi connectivity index (χ2v) is 6.23. The van der Waals surface area contributed by atoms with E-state index in [1.54, 1.807) is 19.2 Å². The van der Waals surface area contributed by atoms with Crippen LogP contribution in [0.5, 0.6) is 5.75 Å². The summed E-state index contributed by atoms with van der Waals surface area (Å²) in [6.45, 7) is 3.10. The van der Waals surface area contributed by atoms with Gasteiger partial charge in [0.2, 0.25) is 5.91 Å². The predicted molar refractivity (Wildman–Crippen MR) is 86.4 cm³/mol. The molecule has 1 aromatic rings. The Hall–Kier alpha value is -2.15. The molecule has 0 aliphatic carbocycles. The third kappa shape index (κ3) is 2.62. The minimum absolute atomic E-state index is 0.0546. The van der Waals surface area contributed by atoms with Gasteiger partial charge in [0.05, 0.1) is 19.1 Å². The van der Waals surface area contributed by atoms with E-state index in [0.717, 1.165) is 6.42 Å². The first kappa shape index (κ1) is 16.7. The zero-order chi connectivity index (χ0) is 17.3. The first-order valence-corrected chi connectivity index (χ1v) is 8.14. The van der Waals surface area contributed by atoms with E-state index in [0.29, 0.717) is 30.9 Å². The smallest absolute Gasteiger partial charge is 0.235 e. The Morgan fingerprint density at radius 3 is 3.08 bits per heavy atom. The number of hydrogen-bond acceptors (Lipinski definition) is 4. The van der Waals surface area contributed by atoms with Crippen LogP contribution in [0.2, 0.25) is 0 Å². The second kappa shape index (κ2) is 6.39. The molecular formula is C17H22FN3O3. The summed E-state index contributed by atoms with van der Waals surface area (Å²) in [4.78, 5) is 13.9. The van der Waals surface area contributed by atoms with Crippen LogP contribution in [0.25, 0.3) is 0 Å². The average Bonchev–Trinajstić information content (AvgIpc) is 2.59. The first-order chi connectivity index (χ1) is 11.5. The Morgan fingerprint density at radius 2 is 2.33 bits per heavy atom. The van der Waals surface area contributed by atoms with Crippen LogP contribution in [0.4, 0.5) is 4.39 Å². The van der Waals surface area contributed by atoms with Gasteiger partial charge in [-0.25, -0.2) is 4.39 Å². The van der Waals surface area contributed by atoms with Gasteiger partial charge in [0.25, 0.3) is 0 Å². The van der Waals surface area contributed by atoms with Gasteiger partial charge < -0.3 is 14.8 Å². The van der Waals surface area contributed by atoms with Crippen molar-refractivity contribution in [3.05, 3.63) is 29.6 Å². The van der Waals surface area contributed by atoms with E-state index in [4.69, 9.17) is 14.9 Å². The molecule has 130 valence electrons. The van der Waals surface area contributed by atoms with E-state index in [1.165, 1.54) is 11.0 Å². The minimum atomic E-state index is -1.07. The van der Waals surface area contributed by atoms with Crippen LogP contribution < -0.4 is 10.1 Å². The quantitative estimate of drug-likeness (QED) is 0.880. The van der Waals surface area contributed by atoms with E-state index in [1.807, 2.05) is 6.92 Å². The van der Waals surface area contributed by atoms with E-state index in [2.05, 4.69) is 5.32 Å². The van der Waals surface area contributed by atoms with Crippen LogP contribution in [0, 0.1) is 17.1 Å². The predicted octanol–water partition coefficient (Wildman–Crippen LogP) is 1.84. The highest BCUT2D eigenvalue weighted by atomic mass is 19.1. The fourth-order valence-electron chi connectivity index (χ4n) is 3.37. The zero-order valence-corrected chi connectivity index (χ0v) is 13.9. The summed E-state index contributed by atoms with van der Waals surface area (Å²) < 4.78 is 25.8. The van der Waals surface area contributed by atoms with Crippen LogP contribution in [0.3, 0.4) is 0 Å². The van der Waals surface area contributed by atoms with Crippen molar-refractivity contribution in [1.29, 1.82) is 5.41 Å². The Morgan fingerprint density at radius 1 is 1.54 bits per heavy atom. The zero-order valence-electron chi connectivity index (χ0n) is 13.9. The summed E-state index contributed by atoms with van der Waals surface area (Å²) in [7, 11) is 1.55. The molecule has 0 aromatic heterocycles. The van der Waals surface area contributed by atoms with Gasteiger partial charge >= 0.3 is 0 Å². The number of halogens is 1. The first-order valence-electron chi connectivity index (χ1n) is 8.14. The van der Waals surface area contributed by atoms with Crippen molar-refractivity contribution in [2.75, 3.05) is 26.9 Å². The van der Waals surface area contributed by atoms with Crippen LogP contribution in [0.15, 0.2) is 18.2 Å². The molecule has 2 saturated heterocycles. The van der Waals surface area contributed by atoms with Crippen LogP contribution in [-0.4, -0.2) is 43.6 Å². The summed E-state index contributed by atoms with van der Waals surface area (Å²) in [5.41, 5.74) is -0.763. The van der Waals surface area contributed by atoms with Crippen molar-refractivity contribution in [1.82, 2.24) is 10.2 Å². The molecule has 0 bridgehead atoms. The van der Waals surface area contributed by atoms with Gasteiger partial charge in [-0.05, 0) is 31.0 Å². The lowest BCUT2D eigenvalue weighted by Gasteiger charge is -2.49. The molecule has 2 aliphatic rings. The molecule has 6 nitrogen and oxygen atoms in total. The number of amides is 1. The van der Waals surface area contributed by atoms with Crippen molar-refractivity contribution >= 4 is 11.9 Å². The highest BCUT2D eigenvalue weighted by Crippen LogP contribution is 2.41. The summed E-state index contributed by atoms with van der Waals surface area (Å²) >= 11 is 0. The number of nitrogens with one attached hydrogen (secondary N) is 2. The van der Waals surface area contributed by atoms with E-state index < -0.39 is 17.3 Å². The number of hydrogen-bond donors (Lipinski definition) is 2. The minimum Gasteiger partial charge on any atom is -0.494 e. The number of guanidine groups is 1. The Bertz CT molecular complexity index is 666. The molecule has 2 fully saturated rings. The number of carbonyl (C=O) groups excluding carboxylic acids is 1. The number of rotatable bonds is 4. The lowest BCUT2D eigenvalue weighted by Crippen LogP contribution is -2.68. The molecule has 3 rings (SSSR count). The van der Waals surface area contributed by atoms with Gasteiger partial charge in [-0.2, -0.15) is 0 Å². The van der Waals surface area contributed by atoms with Crippen molar-refractivity contribution in [2.45, 2.75) is 25.3 Å². The fraction of sp³-hybridized carbons (Fsp3) is 0.529. The standard InChI is InChI=1S/C17H22FN3O3/c1-3-7-24-11-4-5-14(18)13(9-11)17-10-23-8-6-12(17)15(22)21(2)16(19)20-17/h4-5,9,12H,3,6-8,10H2,1-2H3,(H2,19,20)/t12-,17?/m0/s1. The fourth-order valence-corrected chi connectivity index (χ4v) is 3.37. The summed E-state index contributed by atoms with van der Waals surface area (Å²) in [5, 5.41) is 11.1. The Balaban J connectivity index is 2.06. The van der Waals surface area contributed by atoms with Gasteiger partial charge in [0, 0.05) is 19.2 Å². The summed E-state index contributed by atoms with van der Waals surface area (Å²) in [6.07, 6.45) is 1.32. The molecule has 0 saturated carbocycles. The van der Waals surface area contributed by atoms with Gasteiger partial charge in [-0.15, -0.1) is 0 Å². The van der Waals surface area contributed by atoms with Gasteiger partial charge in [-0.3, -0.25) is 15.1 Å². The number of nitrogens with zero attached hydrogens (tertiary/aromatic N) is 1. The maximum absolute atomic E-state index is 14.6. The van der Waals surface area contributed by atoms with Crippen molar-refractivity contribution in [2.24, 2.45) is 5.92 Å². The number of carbonyl (C=O) groups is 1. The molecule has 1 amide bonds. The molecule has 0 radical (unpaired) electrons. The normalized spacial score (nSPS) is 26.8. The Kier molecular flexibility index (Phi) is 4.45. The highest BCUT2D eigenvalue weighted by Gasteiger charge is 2.53. The monoisotopic (exact) mass is 335 g/mol. The molecule has 24 heavy (non-hydrogen) atoms. The maximum Gasteiger partial charge on any atom is 0.235 e. The van der Waals surface area contributed by atoms with Crippen LogP contribution >= 0.6 is 0 Å². The number of fused-ring (bicyclic) bond motifs is 1. The van der Waals surface area contributed by atoms with Gasteiger partial charge in [-0.1, -0.05) is 6.92 Å². The molecule has 7 heteroatoms. The topological polar surface area (TPSA) is 74.7 Å². The average molecular weight is 335 g/mol. The van der Waals surface area contributed by atoms with Crippen LogP contribution in [-0.2, 0) is 15.1 Å². The Labute approximate surface area is 140 Å². The largest absolute Gasteiger partial charge is 0.494 e. The van der Waals surface area contributed by atoms with Gasteiger partial charge in [0.1, 0.15) is 17.1 Å². The van der Waals surface area contributed by atoms with Crippen molar-refractivity contribution in [3.63, 3.8) is 0 Å². The molecule has 2 N–H and O–H groups in total. The summed E-state index contributed by atoms with van der Waals surface area (Å²) in [5.74, 6) is -0.623. The molecular weight excluding hydrogens is 313 g/mol. The highest BCUT2D eigenvalue weighted by molar-refractivity contribution is 6.00. The van der Waals surface area contributed by atoms with E-state index in [-0.39, 0.29) is 18.5 Å². The van der Waals surface area contributed by atoms with Crippen molar-refractivity contribution in [3.8, 4) is 5.75 Å². The second-order valence-electron chi connectivity index (χ2n) is 6.23. The van der Waals surface area contributed by atoms with Gasteiger partial charge in [0.15, 0.2) is 5.96 Å². The molecule has 1 aromatic carbocycles. The molecule has 0 spiro atoms. The third-order valence-corrected chi connectivity index (χ3v) is 4.67. The van der Waals surface area contributed by atoms with Crippen molar-refractivity contribution < 1.29 is 18.7 Å². The maximum atomic E-state index is 14.6. The molecule has 2 atom stereocenters. The van der Waals surface area contributed by atoms with E-state index >= 15 is 0 Å². The molecule has 1 unspecified atom stereocenters. The van der Waals surface area contributed by atoms with E-state index in [9.17, 15) is 9.18 Å². The van der Waals surface area contributed by atoms with Crippen LogP contribution in [0.1, 0.15) is 25.3 Å². The summed E-state index contributed by atoms with van der Waals surface area (Å²) in [6, 6.07) is 4.53.